The fourth-order valence-electron chi connectivity index (χ4n) is 2.31. The highest BCUT2D eigenvalue weighted by Crippen LogP contribution is 2.24. The van der Waals surface area contributed by atoms with Crippen molar-refractivity contribution in [1.29, 1.82) is 0 Å². The maximum atomic E-state index is 12.1. The normalized spacial score (nSPS) is 23.8. The van der Waals surface area contributed by atoms with Crippen LogP contribution in [0.5, 0.6) is 0 Å². The Morgan fingerprint density at radius 2 is 2.11 bits per heavy atom. The van der Waals surface area contributed by atoms with Gasteiger partial charge in [0.25, 0.3) is 0 Å². The van der Waals surface area contributed by atoms with Gasteiger partial charge in [-0.1, -0.05) is 0 Å². The molecular formula is C12H24F3N3O. The quantitative estimate of drug-likeness (QED) is 0.575. The molecule has 0 saturated carbocycles. The van der Waals surface area contributed by atoms with Crippen molar-refractivity contribution in [1.82, 2.24) is 10.3 Å². The van der Waals surface area contributed by atoms with Gasteiger partial charge in [0.15, 0.2) is 0 Å². The highest BCUT2D eigenvalue weighted by atomic mass is 19.4. The number of ether oxygens (including phenoxy) is 1. The fourth-order valence-corrected chi connectivity index (χ4v) is 2.31. The summed E-state index contributed by atoms with van der Waals surface area (Å²) in [6.45, 7) is 6.35. The van der Waals surface area contributed by atoms with Crippen molar-refractivity contribution in [2.75, 3.05) is 19.7 Å². The third-order valence-corrected chi connectivity index (χ3v) is 3.49. The second-order valence-corrected chi connectivity index (χ2v) is 5.28. The number of halogens is 3. The van der Waals surface area contributed by atoms with Crippen molar-refractivity contribution in [3.05, 3.63) is 0 Å². The standard InChI is InChI=1S/C12H24F3N3O/c1-9(2)18-6-7-19-11(8-18)10(17-16)4-3-5-12(13,14)15/h9-11,17H,3-8,16H2,1-2H3. The Morgan fingerprint density at radius 1 is 1.42 bits per heavy atom. The van der Waals surface area contributed by atoms with E-state index in [-0.39, 0.29) is 18.6 Å². The van der Waals surface area contributed by atoms with Gasteiger partial charge in [0.2, 0.25) is 0 Å². The molecule has 2 unspecified atom stereocenters. The number of rotatable bonds is 6. The van der Waals surface area contributed by atoms with E-state index < -0.39 is 12.6 Å². The molecule has 1 aliphatic heterocycles. The van der Waals surface area contributed by atoms with Gasteiger partial charge in [0, 0.05) is 31.6 Å². The van der Waals surface area contributed by atoms with Crippen LogP contribution in [0.3, 0.4) is 0 Å². The maximum Gasteiger partial charge on any atom is 0.389 e. The number of alkyl halides is 3. The summed E-state index contributed by atoms with van der Waals surface area (Å²) < 4.78 is 42.0. The molecule has 1 rings (SSSR count). The molecule has 0 spiro atoms. The Hall–Kier alpha value is -0.370. The maximum absolute atomic E-state index is 12.1. The lowest BCUT2D eigenvalue weighted by molar-refractivity contribution is -0.136. The molecule has 4 nitrogen and oxygen atoms in total. The summed E-state index contributed by atoms with van der Waals surface area (Å²) in [5.41, 5.74) is 2.60. The summed E-state index contributed by atoms with van der Waals surface area (Å²) in [5.74, 6) is 5.45. The van der Waals surface area contributed by atoms with Gasteiger partial charge < -0.3 is 4.74 Å². The Kier molecular flexibility index (Phi) is 6.52. The Bertz CT molecular complexity index is 261. The van der Waals surface area contributed by atoms with Crippen LogP contribution >= 0.6 is 0 Å². The molecule has 114 valence electrons. The fraction of sp³-hybridized carbons (Fsp3) is 1.00. The summed E-state index contributed by atoms with van der Waals surface area (Å²) in [6.07, 6.45) is -4.58. The van der Waals surface area contributed by atoms with E-state index >= 15 is 0 Å². The number of hydrogen-bond acceptors (Lipinski definition) is 4. The summed E-state index contributed by atoms with van der Waals surface area (Å²) in [6, 6.07) is 0.170. The van der Waals surface area contributed by atoms with Gasteiger partial charge in [-0.15, -0.1) is 0 Å². The zero-order valence-corrected chi connectivity index (χ0v) is 11.5. The van der Waals surface area contributed by atoms with E-state index in [4.69, 9.17) is 10.6 Å². The van der Waals surface area contributed by atoms with E-state index in [9.17, 15) is 13.2 Å². The van der Waals surface area contributed by atoms with Gasteiger partial charge in [0.1, 0.15) is 0 Å². The minimum Gasteiger partial charge on any atom is -0.374 e. The zero-order valence-electron chi connectivity index (χ0n) is 11.5. The van der Waals surface area contributed by atoms with Crippen molar-refractivity contribution < 1.29 is 17.9 Å². The molecule has 7 heteroatoms. The van der Waals surface area contributed by atoms with Crippen LogP contribution in [0, 0.1) is 0 Å². The molecule has 0 radical (unpaired) electrons. The second-order valence-electron chi connectivity index (χ2n) is 5.28. The molecule has 0 aliphatic carbocycles. The first-order chi connectivity index (χ1) is 8.83. The summed E-state index contributed by atoms with van der Waals surface area (Å²) >= 11 is 0. The van der Waals surface area contributed by atoms with Crippen LogP contribution in [-0.4, -0.2) is 49.0 Å². The number of hydrogen-bond donors (Lipinski definition) is 2. The Morgan fingerprint density at radius 3 is 2.63 bits per heavy atom. The Labute approximate surface area is 112 Å². The molecule has 1 fully saturated rings. The molecule has 0 aromatic rings. The molecule has 3 N–H and O–H groups in total. The van der Waals surface area contributed by atoms with E-state index in [0.717, 1.165) is 6.54 Å². The van der Waals surface area contributed by atoms with Crippen molar-refractivity contribution in [3.8, 4) is 0 Å². The third-order valence-electron chi connectivity index (χ3n) is 3.49. The first kappa shape index (κ1) is 16.7. The molecule has 2 atom stereocenters. The molecule has 0 aromatic carbocycles. The van der Waals surface area contributed by atoms with E-state index in [1.165, 1.54) is 0 Å². The van der Waals surface area contributed by atoms with Crippen molar-refractivity contribution >= 4 is 0 Å². The minimum absolute atomic E-state index is 0.0694. The molecule has 1 heterocycles. The number of morpholine rings is 1. The first-order valence-electron chi connectivity index (χ1n) is 6.72. The lowest BCUT2D eigenvalue weighted by atomic mass is 10.0. The van der Waals surface area contributed by atoms with Crippen molar-refractivity contribution in [3.63, 3.8) is 0 Å². The molecule has 1 saturated heterocycles. The molecule has 19 heavy (non-hydrogen) atoms. The predicted molar refractivity (Wildman–Crippen MR) is 67.5 cm³/mol. The van der Waals surface area contributed by atoms with Gasteiger partial charge in [-0.2, -0.15) is 13.2 Å². The number of hydrazine groups is 1. The van der Waals surface area contributed by atoms with Crippen LogP contribution in [-0.2, 0) is 4.74 Å². The van der Waals surface area contributed by atoms with Crippen LogP contribution in [0.15, 0.2) is 0 Å². The van der Waals surface area contributed by atoms with Crippen molar-refractivity contribution in [2.45, 2.75) is 57.5 Å². The number of nitrogens with one attached hydrogen (secondary N) is 1. The third kappa shape index (κ3) is 6.07. The van der Waals surface area contributed by atoms with Gasteiger partial charge in [-0.25, -0.2) is 0 Å². The SMILES string of the molecule is CC(C)N1CCOC(C(CCCC(F)(F)F)NN)C1. The highest BCUT2D eigenvalue weighted by Gasteiger charge is 2.31. The summed E-state index contributed by atoms with van der Waals surface area (Å²) in [4.78, 5) is 2.25. The summed E-state index contributed by atoms with van der Waals surface area (Å²) in [7, 11) is 0. The lowest BCUT2D eigenvalue weighted by Gasteiger charge is -2.38. The predicted octanol–water partition coefficient (Wildman–Crippen LogP) is 1.66. The van der Waals surface area contributed by atoms with Crippen LogP contribution in [0.4, 0.5) is 13.2 Å². The monoisotopic (exact) mass is 283 g/mol. The lowest BCUT2D eigenvalue weighted by Crippen LogP contribution is -2.55. The number of nitrogens with zero attached hydrogens (tertiary/aromatic N) is 1. The van der Waals surface area contributed by atoms with E-state index in [0.29, 0.717) is 25.6 Å². The van der Waals surface area contributed by atoms with Gasteiger partial charge in [-0.05, 0) is 26.7 Å². The largest absolute Gasteiger partial charge is 0.389 e. The van der Waals surface area contributed by atoms with Crippen LogP contribution in [0.1, 0.15) is 33.1 Å². The topological polar surface area (TPSA) is 50.5 Å². The van der Waals surface area contributed by atoms with Crippen LogP contribution in [0.25, 0.3) is 0 Å². The van der Waals surface area contributed by atoms with Gasteiger partial charge >= 0.3 is 6.18 Å². The average molecular weight is 283 g/mol. The average Bonchev–Trinajstić information content (AvgIpc) is 2.33. The van der Waals surface area contributed by atoms with Gasteiger partial charge in [0.05, 0.1) is 12.7 Å². The second kappa shape index (κ2) is 7.42. The van der Waals surface area contributed by atoms with Crippen LogP contribution < -0.4 is 11.3 Å². The van der Waals surface area contributed by atoms with Crippen molar-refractivity contribution in [2.24, 2.45) is 5.84 Å². The van der Waals surface area contributed by atoms with E-state index in [1.807, 2.05) is 0 Å². The van der Waals surface area contributed by atoms with E-state index in [1.54, 1.807) is 0 Å². The van der Waals surface area contributed by atoms with Crippen LogP contribution in [0.2, 0.25) is 0 Å². The molecule has 0 amide bonds. The molecule has 0 bridgehead atoms. The molecule has 0 aromatic heterocycles. The van der Waals surface area contributed by atoms with E-state index in [2.05, 4.69) is 24.2 Å². The first-order valence-corrected chi connectivity index (χ1v) is 6.72. The number of nitrogens with two attached hydrogens (primary N) is 1. The molecular weight excluding hydrogens is 259 g/mol. The zero-order chi connectivity index (χ0) is 14.5. The van der Waals surface area contributed by atoms with Gasteiger partial charge in [-0.3, -0.25) is 16.2 Å². The molecule has 1 aliphatic rings. The minimum atomic E-state index is -4.10. The smallest absolute Gasteiger partial charge is 0.374 e. The highest BCUT2D eigenvalue weighted by molar-refractivity contribution is 4.83. The summed E-state index contributed by atoms with van der Waals surface area (Å²) in [5, 5.41) is 0. The Balaban J connectivity index is 2.41.